The van der Waals surface area contributed by atoms with Crippen LogP contribution in [0, 0.1) is 0 Å². The Morgan fingerprint density at radius 3 is 2.54 bits per heavy atom. The van der Waals surface area contributed by atoms with E-state index >= 15 is 0 Å². The number of aliphatic carboxylic acids is 1. The van der Waals surface area contributed by atoms with Gasteiger partial charge in [-0.25, -0.2) is 4.79 Å². The first kappa shape index (κ1) is 23.7. The van der Waals surface area contributed by atoms with Crippen molar-refractivity contribution >= 4 is 34.8 Å². The van der Waals surface area contributed by atoms with E-state index in [2.05, 4.69) is 15.6 Å². The van der Waals surface area contributed by atoms with Crippen LogP contribution in [0.1, 0.15) is 21.5 Å². The van der Waals surface area contributed by atoms with E-state index in [1.54, 1.807) is 54.7 Å². The molecular formula is C28H23N3O6. The number of rotatable bonds is 8. The maximum absolute atomic E-state index is 13.3. The van der Waals surface area contributed by atoms with Crippen LogP contribution in [0.4, 0.5) is 0 Å². The fraction of sp³-hybridized carbons (Fsp3) is 0.107. The summed E-state index contributed by atoms with van der Waals surface area (Å²) in [4.78, 5) is 41.4. The summed E-state index contributed by atoms with van der Waals surface area (Å²) in [6.07, 6.45) is 3.24. The lowest BCUT2D eigenvalue weighted by atomic mass is 10.0. The molecule has 0 saturated heterocycles. The van der Waals surface area contributed by atoms with Gasteiger partial charge in [-0.15, -0.1) is 0 Å². The molecule has 0 aliphatic carbocycles. The third-order valence-electron chi connectivity index (χ3n) is 5.94. The predicted octanol–water partition coefficient (Wildman–Crippen LogP) is 3.48. The fourth-order valence-electron chi connectivity index (χ4n) is 4.07. The van der Waals surface area contributed by atoms with Crippen molar-refractivity contribution in [2.24, 2.45) is 0 Å². The number of carbonyl (C=O) groups is 3. The van der Waals surface area contributed by atoms with Gasteiger partial charge in [0.05, 0.1) is 0 Å². The molecule has 2 heterocycles. The average Bonchev–Trinajstić information content (AvgIpc) is 3.55. The van der Waals surface area contributed by atoms with Gasteiger partial charge < -0.3 is 30.2 Å². The van der Waals surface area contributed by atoms with Crippen LogP contribution in [-0.4, -0.2) is 40.7 Å². The van der Waals surface area contributed by atoms with Crippen molar-refractivity contribution in [1.82, 2.24) is 15.6 Å². The molecule has 0 fully saturated rings. The number of ether oxygens (including phenoxy) is 2. The second-order valence-electron chi connectivity index (χ2n) is 8.42. The molecule has 3 aromatic carbocycles. The minimum atomic E-state index is -1.24. The Morgan fingerprint density at radius 2 is 1.73 bits per heavy atom. The number of carbonyl (C=O) groups excluding carboxylic acids is 2. The molecule has 37 heavy (non-hydrogen) atoms. The van der Waals surface area contributed by atoms with Gasteiger partial charge in [-0.2, -0.15) is 0 Å². The quantitative estimate of drug-likeness (QED) is 0.276. The number of amides is 2. The van der Waals surface area contributed by atoms with Crippen LogP contribution in [0.25, 0.3) is 17.0 Å². The summed E-state index contributed by atoms with van der Waals surface area (Å²) in [7, 11) is 0. The number of benzene rings is 3. The van der Waals surface area contributed by atoms with Gasteiger partial charge in [0.25, 0.3) is 11.8 Å². The molecule has 5 rings (SSSR count). The lowest BCUT2D eigenvalue weighted by Gasteiger charge is -2.17. The summed E-state index contributed by atoms with van der Waals surface area (Å²) in [6, 6.07) is 19.8. The normalized spacial score (nSPS) is 13.2. The molecular weight excluding hydrogens is 474 g/mol. The summed E-state index contributed by atoms with van der Waals surface area (Å²) in [5, 5.41) is 15.9. The maximum Gasteiger partial charge on any atom is 0.326 e. The number of carboxylic acid groups (broad SMARTS) is 1. The van der Waals surface area contributed by atoms with Crippen LogP contribution < -0.4 is 20.1 Å². The number of carboxylic acids is 1. The molecule has 0 bridgehead atoms. The molecule has 2 amide bonds. The third kappa shape index (κ3) is 5.30. The highest BCUT2D eigenvalue weighted by atomic mass is 16.7. The molecule has 0 unspecified atom stereocenters. The zero-order chi connectivity index (χ0) is 25.8. The first-order valence-electron chi connectivity index (χ1n) is 11.5. The van der Waals surface area contributed by atoms with E-state index in [0.29, 0.717) is 22.6 Å². The van der Waals surface area contributed by atoms with Crippen molar-refractivity contribution in [2.45, 2.75) is 12.5 Å². The molecule has 0 spiro atoms. The van der Waals surface area contributed by atoms with E-state index in [0.717, 1.165) is 16.5 Å². The molecule has 186 valence electrons. The van der Waals surface area contributed by atoms with Gasteiger partial charge in [-0.1, -0.05) is 42.5 Å². The van der Waals surface area contributed by atoms with Gasteiger partial charge in [-0.05, 0) is 47.5 Å². The number of H-pyrrole nitrogens is 1. The topological polar surface area (TPSA) is 130 Å². The summed E-state index contributed by atoms with van der Waals surface area (Å²) >= 11 is 0. The molecule has 1 aromatic heterocycles. The van der Waals surface area contributed by atoms with E-state index < -0.39 is 23.8 Å². The summed E-state index contributed by atoms with van der Waals surface area (Å²) in [5.41, 5.74) is 2.41. The number of nitrogens with one attached hydrogen (secondary N) is 3. The zero-order valence-electron chi connectivity index (χ0n) is 19.6. The van der Waals surface area contributed by atoms with Gasteiger partial charge in [0, 0.05) is 29.1 Å². The van der Waals surface area contributed by atoms with Crippen LogP contribution in [0.2, 0.25) is 0 Å². The average molecular weight is 498 g/mol. The molecule has 1 aliphatic rings. The van der Waals surface area contributed by atoms with Crippen LogP contribution in [0.3, 0.4) is 0 Å². The highest BCUT2D eigenvalue weighted by Gasteiger charge is 2.25. The molecule has 4 aromatic rings. The Labute approximate surface area is 211 Å². The Bertz CT molecular complexity index is 1510. The number of fused-ring (bicyclic) bond motifs is 2. The van der Waals surface area contributed by atoms with Crippen molar-refractivity contribution in [1.29, 1.82) is 0 Å². The van der Waals surface area contributed by atoms with Crippen LogP contribution in [-0.2, 0) is 16.0 Å². The minimum absolute atomic E-state index is 0.0506. The Morgan fingerprint density at radius 1 is 0.973 bits per heavy atom. The van der Waals surface area contributed by atoms with E-state index in [1.807, 2.05) is 24.3 Å². The fourth-order valence-corrected chi connectivity index (χ4v) is 4.07. The van der Waals surface area contributed by atoms with E-state index in [-0.39, 0.29) is 18.9 Å². The molecule has 0 radical (unpaired) electrons. The predicted molar refractivity (Wildman–Crippen MR) is 136 cm³/mol. The molecule has 1 atom stereocenters. The molecule has 9 nitrogen and oxygen atoms in total. The maximum atomic E-state index is 13.3. The first-order valence-corrected chi connectivity index (χ1v) is 11.5. The molecule has 4 N–H and O–H groups in total. The second kappa shape index (κ2) is 10.3. The number of hydrogen-bond acceptors (Lipinski definition) is 5. The second-order valence-corrected chi connectivity index (χ2v) is 8.42. The Kier molecular flexibility index (Phi) is 6.58. The summed E-state index contributed by atoms with van der Waals surface area (Å²) < 4.78 is 10.7. The Hall–Kier alpha value is -5.05. The van der Waals surface area contributed by atoms with Gasteiger partial charge in [0.15, 0.2) is 11.5 Å². The SMILES string of the molecule is O=C(N[C@H](Cc1c[nH]c2ccccc12)C(=O)O)/C(=C/c1ccc2c(c1)OCO2)NC(=O)c1ccccc1. The number of aromatic amines is 1. The van der Waals surface area contributed by atoms with Crippen LogP contribution >= 0.6 is 0 Å². The number of para-hydroxylation sites is 1. The monoisotopic (exact) mass is 497 g/mol. The minimum Gasteiger partial charge on any atom is -0.480 e. The van der Waals surface area contributed by atoms with Crippen molar-refractivity contribution in [3.8, 4) is 11.5 Å². The summed E-state index contributed by atoms with van der Waals surface area (Å²) in [6.45, 7) is 0.0920. The van der Waals surface area contributed by atoms with Crippen LogP contribution in [0.5, 0.6) is 11.5 Å². The largest absolute Gasteiger partial charge is 0.480 e. The summed E-state index contributed by atoms with van der Waals surface area (Å²) in [5.74, 6) is -1.37. The molecule has 0 saturated carbocycles. The van der Waals surface area contributed by atoms with E-state index in [1.165, 1.54) is 6.08 Å². The van der Waals surface area contributed by atoms with Crippen LogP contribution in [0.15, 0.2) is 84.7 Å². The number of hydrogen-bond donors (Lipinski definition) is 4. The van der Waals surface area contributed by atoms with Crippen molar-refractivity contribution < 1.29 is 29.0 Å². The number of aromatic nitrogens is 1. The van der Waals surface area contributed by atoms with Gasteiger partial charge in [-0.3, -0.25) is 9.59 Å². The van der Waals surface area contributed by atoms with E-state index in [4.69, 9.17) is 9.47 Å². The Balaban J connectivity index is 1.42. The molecule has 1 aliphatic heterocycles. The first-order chi connectivity index (χ1) is 18.0. The van der Waals surface area contributed by atoms with Gasteiger partial charge in [0.1, 0.15) is 11.7 Å². The highest BCUT2D eigenvalue weighted by Crippen LogP contribution is 2.33. The van der Waals surface area contributed by atoms with Crippen molar-refractivity contribution in [2.75, 3.05) is 6.79 Å². The van der Waals surface area contributed by atoms with Crippen molar-refractivity contribution in [3.05, 3.63) is 101 Å². The highest BCUT2D eigenvalue weighted by molar-refractivity contribution is 6.06. The van der Waals surface area contributed by atoms with Gasteiger partial charge in [0.2, 0.25) is 6.79 Å². The lowest BCUT2D eigenvalue weighted by molar-refractivity contribution is -0.141. The smallest absolute Gasteiger partial charge is 0.326 e. The zero-order valence-corrected chi connectivity index (χ0v) is 19.6. The molecule has 9 heteroatoms. The van der Waals surface area contributed by atoms with Crippen molar-refractivity contribution in [3.63, 3.8) is 0 Å². The van der Waals surface area contributed by atoms with E-state index in [9.17, 15) is 19.5 Å². The standard InChI is InChI=1S/C28H23N3O6/c32-26(18-6-2-1-3-7-18)30-22(12-17-10-11-24-25(13-17)37-16-36-24)27(33)31-23(28(34)35)14-19-15-29-21-9-5-4-8-20(19)21/h1-13,15,23,29H,14,16H2,(H,30,32)(H,31,33)(H,34,35)/b22-12-/t23-/m1/s1. The lowest BCUT2D eigenvalue weighted by Crippen LogP contribution is -2.45. The van der Waals surface area contributed by atoms with Gasteiger partial charge >= 0.3 is 5.97 Å². The third-order valence-corrected chi connectivity index (χ3v) is 5.94.